The van der Waals surface area contributed by atoms with Gasteiger partial charge in [-0.15, -0.1) is 0 Å². The Bertz CT molecular complexity index is 886. The molecular formula is C16H15N3O4. The van der Waals surface area contributed by atoms with Gasteiger partial charge in [0.05, 0.1) is 10.5 Å². The normalized spacial score (nSPS) is 11.0. The number of aromatic nitrogens is 1. The number of aromatic hydroxyl groups is 1. The Balaban J connectivity index is 2.91. The number of nitro benzene ring substituents is 1. The third-order valence-corrected chi connectivity index (χ3v) is 3.42. The van der Waals surface area contributed by atoms with Crippen molar-refractivity contribution in [3.8, 4) is 22.9 Å². The maximum absolute atomic E-state index is 12.2. The van der Waals surface area contributed by atoms with Crippen molar-refractivity contribution >= 4 is 5.69 Å². The monoisotopic (exact) mass is 313 g/mol. The van der Waals surface area contributed by atoms with E-state index in [0.29, 0.717) is 5.69 Å². The first kappa shape index (κ1) is 16.2. The minimum atomic E-state index is -0.618. The summed E-state index contributed by atoms with van der Waals surface area (Å²) in [4.78, 5) is 25.4. The molecule has 0 fully saturated rings. The lowest BCUT2D eigenvalue weighted by atomic mass is 9.88. The number of benzene rings is 1. The van der Waals surface area contributed by atoms with Gasteiger partial charge in [0.25, 0.3) is 11.2 Å². The number of hydrogen-bond acceptors (Lipinski definition) is 5. The van der Waals surface area contributed by atoms with E-state index >= 15 is 0 Å². The molecule has 0 atom stereocenters. The molecule has 0 bridgehead atoms. The van der Waals surface area contributed by atoms with Gasteiger partial charge in [-0.25, -0.2) is 0 Å². The van der Waals surface area contributed by atoms with Gasteiger partial charge in [-0.3, -0.25) is 14.9 Å². The summed E-state index contributed by atoms with van der Waals surface area (Å²) in [7, 11) is 0. The Morgan fingerprint density at radius 3 is 2.43 bits per heavy atom. The molecule has 0 aliphatic rings. The number of nitrogens with zero attached hydrogens (tertiary/aromatic N) is 2. The average molecular weight is 313 g/mol. The van der Waals surface area contributed by atoms with Crippen molar-refractivity contribution in [2.75, 3.05) is 0 Å². The average Bonchev–Trinajstić information content (AvgIpc) is 2.44. The molecule has 7 nitrogen and oxygen atoms in total. The molecule has 2 aromatic rings. The Hall–Kier alpha value is -3.14. The third kappa shape index (κ3) is 3.06. The maximum atomic E-state index is 12.2. The summed E-state index contributed by atoms with van der Waals surface area (Å²) in [5.74, 6) is -0.188. The number of H-pyrrole nitrogens is 1. The number of nitro groups is 1. The van der Waals surface area contributed by atoms with E-state index < -0.39 is 15.9 Å². The van der Waals surface area contributed by atoms with Crippen molar-refractivity contribution in [2.24, 2.45) is 0 Å². The van der Waals surface area contributed by atoms with Gasteiger partial charge >= 0.3 is 0 Å². The highest BCUT2D eigenvalue weighted by Gasteiger charge is 2.24. The molecule has 0 unspecified atom stereocenters. The van der Waals surface area contributed by atoms with E-state index in [1.165, 1.54) is 12.1 Å². The predicted octanol–water partition coefficient (Wildman–Crippen LogP) is 2.82. The maximum Gasteiger partial charge on any atom is 0.277 e. The van der Waals surface area contributed by atoms with Crippen LogP contribution < -0.4 is 5.56 Å². The van der Waals surface area contributed by atoms with E-state index in [0.717, 1.165) is 6.07 Å². The Labute approximate surface area is 132 Å². The van der Waals surface area contributed by atoms with Crippen molar-refractivity contribution in [1.29, 1.82) is 5.26 Å². The molecule has 1 aromatic heterocycles. The molecule has 1 aromatic carbocycles. The van der Waals surface area contributed by atoms with Gasteiger partial charge in [0, 0.05) is 22.7 Å². The molecular weight excluding hydrogens is 298 g/mol. The van der Waals surface area contributed by atoms with Crippen LogP contribution in [0.15, 0.2) is 29.1 Å². The second kappa shape index (κ2) is 5.57. The van der Waals surface area contributed by atoms with Crippen LogP contribution in [0.1, 0.15) is 32.0 Å². The van der Waals surface area contributed by atoms with Gasteiger partial charge in [0.15, 0.2) is 0 Å². The van der Waals surface area contributed by atoms with Crippen molar-refractivity contribution in [3.05, 3.63) is 56.0 Å². The van der Waals surface area contributed by atoms with E-state index in [1.807, 2.05) is 20.8 Å². The lowest BCUT2D eigenvalue weighted by molar-refractivity contribution is -0.384. The number of nitrogens with one attached hydrogen (secondary N) is 1. The highest BCUT2D eigenvalue weighted by molar-refractivity contribution is 5.79. The van der Waals surface area contributed by atoms with Crippen LogP contribution in [0.4, 0.5) is 5.69 Å². The second-order valence-electron chi connectivity index (χ2n) is 6.12. The van der Waals surface area contributed by atoms with Crippen LogP contribution in [0, 0.1) is 21.4 Å². The fourth-order valence-electron chi connectivity index (χ4n) is 2.19. The minimum Gasteiger partial charge on any atom is -0.508 e. The van der Waals surface area contributed by atoms with E-state index in [-0.39, 0.29) is 28.1 Å². The summed E-state index contributed by atoms with van der Waals surface area (Å²) in [5, 5.41) is 30.1. The largest absolute Gasteiger partial charge is 0.508 e. The molecule has 0 saturated heterocycles. The highest BCUT2D eigenvalue weighted by atomic mass is 16.6. The van der Waals surface area contributed by atoms with Gasteiger partial charge in [-0.2, -0.15) is 5.26 Å². The molecule has 0 amide bonds. The minimum absolute atomic E-state index is 0.0307. The zero-order valence-electron chi connectivity index (χ0n) is 12.9. The smallest absolute Gasteiger partial charge is 0.277 e. The molecule has 2 rings (SSSR count). The standard InChI is InChI=1S/C16H15N3O4/c1-16(2,3)14-7-10(12(8-17)15(21)18-14)11-6-9(20)4-5-13(11)19(22)23/h4-7,20H,1-3H3,(H,18,21). The van der Waals surface area contributed by atoms with Gasteiger partial charge < -0.3 is 10.1 Å². The Morgan fingerprint density at radius 1 is 1.26 bits per heavy atom. The SMILES string of the molecule is CC(C)(C)c1cc(-c2cc(O)ccc2[N+](=O)[O-])c(C#N)c(=O)[nH]1. The van der Waals surface area contributed by atoms with Crippen molar-refractivity contribution in [1.82, 2.24) is 4.98 Å². The quantitative estimate of drug-likeness (QED) is 0.652. The summed E-state index contributed by atoms with van der Waals surface area (Å²) in [6.45, 7) is 5.60. The van der Waals surface area contributed by atoms with Crippen LogP contribution in [0.25, 0.3) is 11.1 Å². The molecule has 7 heteroatoms. The number of hydrogen-bond donors (Lipinski definition) is 2. The number of pyridine rings is 1. The zero-order valence-corrected chi connectivity index (χ0v) is 12.9. The molecule has 0 aliphatic heterocycles. The third-order valence-electron chi connectivity index (χ3n) is 3.42. The van der Waals surface area contributed by atoms with E-state index in [9.17, 15) is 25.3 Å². The highest BCUT2D eigenvalue weighted by Crippen LogP contribution is 2.35. The summed E-state index contributed by atoms with van der Waals surface area (Å²) >= 11 is 0. The molecule has 0 radical (unpaired) electrons. The fraction of sp³-hybridized carbons (Fsp3) is 0.250. The fourth-order valence-corrected chi connectivity index (χ4v) is 2.19. The lowest BCUT2D eigenvalue weighted by Gasteiger charge is -2.19. The van der Waals surface area contributed by atoms with Crippen LogP contribution in [0.2, 0.25) is 0 Å². The van der Waals surface area contributed by atoms with Crippen LogP contribution in [0.5, 0.6) is 5.75 Å². The van der Waals surface area contributed by atoms with Crippen LogP contribution in [-0.2, 0) is 5.41 Å². The van der Waals surface area contributed by atoms with E-state index in [4.69, 9.17) is 0 Å². The molecule has 0 spiro atoms. The summed E-state index contributed by atoms with van der Waals surface area (Å²) in [6.07, 6.45) is 0. The van der Waals surface area contributed by atoms with E-state index in [2.05, 4.69) is 4.98 Å². The molecule has 0 aliphatic carbocycles. The van der Waals surface area contributed by atoms with Gasteiger partial charge in [0.2, 0.25) is 0 Å². The van der Waals surface area contributed by atoms with Crippen molar-refractivity contribution in [2.45, 2.75) is 26.2 Å². The number of phenols is 1. The molecule has 23 heavy (non-hydrogen) atoms. The topological polar surface area (TPSA) is 120 Å². The van der Waals surface area contributed by atoms with Gasteiger partial charge in [-0.1, -0.05) is 20.8 Å². The number of nitriles is 1. The molecule has 1 heterocycles. The zero-order chi connectivity index (χ0) is 17.4. The first-order valence-corrected chi connectivity index (χ1v) is 6.81. The second-order valence-corrected chi connectivity index (χ2v) is 6.12. The Kier molecular flexibility index (Phi) is 3.93. The molecule has 0 saturated carbocycles. The van der Waals surface area contributed by atoms with E-state index in [1.54, 1.807) is 12.1 Å². The number of rotatable bonds is 2. The number of aromatic amines is 1. The summed E-state index contributed by atoms with van der Waals surface area (Å²) < 4.78 is 0. The summed E-state index contributed by atoms with van der Waals surface area (Å²) in [6, 6.07) is 6.83. The predicted molar refractivity (Wildman–Crippen MR) is 84.2 cm³/mol. The van der Waals surface area contributed by atoms with Crippen molar-refractivity contribution in [3.63, 3.8) is 0 Å². The first-order chi connectivity index (χ1) is 10.6. The van der Waals surface area contributed by atoms with Gasteiger partial charge in [0.1, 0.15) is 17.4 Å². The van der Waals surface area contributed by atoms with Crippen molar-refractivity contribution < 1.29 is 10.0 Å². The first-order valence-electron chi connectivity index (χ1n) is 6.81. The van der Waals surface area contributed by atoms with Gasteiger partial charge in [-0.05, 0) is 18.2 Å². The van der Waals surface area contributed by atoms with Crippen LogP contribution >= 0.6 is 0 Å². The Morgan fingerprint density at radius 2 is 1.91 bits per heavy atom. The number of phenolic OH excluding ortho intramolecular Hbond substituents is 1. The molecule has 2 N–H and O–H groups in total. The molecule has 118 valence electrons. The van der Waals surface area contributed by atoms with Crippen LogP contribution in [0.3, 0.4) is 0 Å². The lowest BCUT2D eigenvalue weighted by Crippen LogP contribution is -2.22. The van der Waals surface area contributed by atoms with Crippen LogP contribution in [-0.4, -0.2) is 15.0 Å². The summed E-state index contributed by atoms with van der Waals surface area (Å²) in [5.41, 5.74) is -0.863.